The number of hydrogen-bond acceptors (Lipinski definition) is 3. The monoisotopic (exact) mass is 231 g/mol. The van der Waals surface area contributed by atoms with Crippen molar-refractivity contribution in [2.75, 3.05) is 31.3 Å². The first-order valence-corrected chi connectivity index (χ1v) is 7.37. The Bertz CT molecular complexity index is 149. The van der Waals surface area contributed by atoms with E-state index in [4.69, 9.17) is 4.74 Å². The summed E-state index contributed by atoms with van der Waals surface area (Å²) in [7, 11) is 0. The van der Waals surface area contributed by atoms with Crippen molar-refractivity contribution < 1.29 is 4.74 Å². The summed E-state index contributed by atoms with van der Waals surface area (Å²) in [6.07, 6.45) is 3.77. The van der Waals surface area contributed by atoms with Gasteiger partial charge < -0.3 is 10.1 Å². The molecule has 0 amide bonds. The molecule has 0 aromatic carbocycles. The van der Waals surface area contributed by atoms with E-state index in [9.17, 15) is 0 Å². The Morgan fingerprint density at radius 2 is 2.13 bits per heavy atom. The van der Waals surface area contributed by atoms with Gasteiger partial charge in [0, 0.05) is 19.3 Å². The zero-order valence-corrected chi connectivity index (χ0v) is 10.9. The molecule has 3 heteroatoms. The fourth-order valence-corrected chi connectivity index (χ4v) is 2.63. The van der Waals surface area contributed by atoms with Crippen molar-refractivity contribution in [1.82, 2.24) is 5.32 Å². The fraction of sp³-hybridized carbons (Fsp3) is 1.00. The second-order valence-electron chi connectivity index (χ2n) is 4.35. The molecule has 1 saturated heterocycles. The van der Waals surface area contributed by atoms with Gasteiger partial charge in [0.1, 0.15) is 0 Å². The Balaban J connectivity index is 1.97. The molecule has 1 fully saturated rings. The van der Waals surface area contributed by atoms with Crippen LogP contribution in [0.25, 0.3) is 0 Å². The minimum Gasteiger partial charge on any atom is -0.381 e. The molecule has 0 radical (unpaired) electrons. The van der Waals surface area contributed by atoms with Crippen LogP contribution in [0.1, 0.15) is 33.1 Å². The van der Waals surface area contributed by atoms with Gasteiger partial charge in [-0.05, 0) is 50.2 Å². The number of hydrogen-bond donors (Lipinski definition) is 1. The molecular formula is C12H25NOS. The predicted molar refractivity (Wildman–Crippen MR) is 68.6 cm³/mol. The predicted octanol–water partition coefficient (Wildman–Crippen LogP) is 2.53. The first kappa shape index (κ1) is 13.3. The van der Waals surface area contributed by atoms with Gasteiger partial charge in [0.2, 0.25) is 0 Å². The van der Waals surface area contributed by atoms with Gasteiger partial charge in [-0.2, -0.15) is 11.8 Å². The topological polar surface area (TPSA) is 21.3 Å². The number of rotatable bonds is 7. The van der Waals surface area contributed by atoms with Crippen LogP contribution in [0.3, 0.4) is 0 Å². The molecule has 1 atom stereocenters. The van der Waals surface area contributed by atoms with E-state index in [0.717, 1.165) is 19.1 Å². The van der Waals surface area contributed by atoms with Crippen molar-refractivity contribution in [1.29, 1.82) is 0 Å². The molecule has 0 saturated carbocycles. The molecule has 0 aromatic heterocycles. The molecule has 0 spiro atoms. The maximum absolute atomic E-state index is 5.35. The van der Waals surface area contributed by atoms with Crippen molar-refractivity contribution in [3.63, 3.8) is 0 Å². The molecular weight excluding hydrogens is 206 g/mol. The standard InChI is InChI=1S/C12H25NOS/c1-3-15-9-6-11(2)13-10-12-4-7-14-8-5-12/h11-13H,3-10H2,1-2H3. The molecule has 1 aliphatic rings. The van der Waals surface area contributed by atoms with Crippen LogP contribution in [-0.2, 0) is 4.74 Å². The summed E-state index contributed by atoms with van der Waals surface area (Å²) in [5, 5.41) is 3.64. The van der Waals surface area contributed by atoms with Crippen molar-refractivity contribution in [3.8, 4) is 0 Å². The fourth-order valence-electron chi connectivity index (χ4n) is 1.82. The molecule has 1 aliphatic heterocycles. The van der Waals surface area contributed by atoms with Crippen LogP contribution in [0.15, 0.2) is 0 Å². The third-order valence-electron chi connectivity index (χ3n) is 3.00. The minimum absolute atomic E-state index is 0.673. The van der Waals surface area contributed by atoms with Gasteiger partial charge in [-0.25, -0.2) is 0 Å². The first-order chi connectivity index (χ1) is 7.33. The zero-order chi connectivity index (χ0) is 10.9. The lowest BCUT2D eigenvalue weighted by Gasteiger charge is -2.24. The van der Waals surface area contributed by atoms with Gasteiger partial charge in [0.05, 0.1) is 0 Å². The Labute approximate surface area is 98.5 Å². The average Bonchev–Trinajstić information content (AvgIpc) is 2.28. The van der Waals surface area contributed by atoms with Gasteiger partial charge in [-0.1, -0.05) is 6.92 Å². The SMILES string of the molecule is CCSCCC(C)NCC1CCOCC1. The highest BCUT2D eigenvalue weighted by atomic mass is 32.2. The summed E-state index contributed by atoms with van der Waals surface area (Å²) in [6.45, 7) is 7.64. The summed E-state index contributed by atoms with van der Waals surface area (Å²) >= 11 is 2.04. The van der Waals surface area contributed by atoms with E-state index in [1.54, 1.807) is 0 Å². The van der Waals surface area contributed by atoms with E-state index in [1.807, 2.05) is 11.8 Å². The van der Waals surface area contributed by atoms with Crippen LogP contribution in [0.5, 0.6) is 0 Å². The van der Waals surface area contributed by atoms with Gasteiger partial charge in [0.25, 0.3) is 0 Å². The lowest BCUT2D eigenvalue weighted by Crippen LogP contribution is -2.33. The maximum atomic E-state index is 5.35. The molecule has 1 heterocycles. The molecule has 1 N–H and O–H groups in total. The van der Waals surface area contributed by atoms with Crippen LogP contribution in [0.4, 0.5) is 0 Å². The van der Waals surface area contributed by atoms with Gasteiger partial charge >= 0.3 is 0 Å². The van der Waals surface area contributed by atoms with Crippen LogP contribution in [0, 0.1) is 5.92 Å². The highest BCUT2D eigenvalue weighted by molar-refractivity contribution is 7.99. The summed E-state index contributed by atoms with van der Waals surface area (Å²) in [5.41, 5.74) is 0. The molecule has 15 heavy (non-hydrogen) atoms. The quantitative estimate of drug-likeness (QED) is 0.680. The summed E-state index contributed by atoms with van der Waals surface area (Å²) < 4.78 is 5.35. The number of thioether (sulfide) groups is 1. The van der Waals surface area contributed by atoms with Crippen molar-refractivity contribution in [2.45, 2.75) is 39.2 Å². The molecule has 0 aromatic rings. The molecule has 90 valence electrons. The summed E-state index contributed by atoms with van der Waals surface area (Å²) in [6, 6.07) is 0.673. The number of ether oxygens (including phenoxy) is 1. The van der Waals surface area contributed by atoms with Gasteiger partial charge in [-0.3, -0.25) is 0 Å². The first-order valence-electron chi connectivity index (χ1n) is 6.21. The van der Waals surface area contributed by atoms with Crippen molar-refractivity contribution >= 4 is 11.8 Å². The van der Waals surface area contributed by atoms with E-state index >= 15 is 0 Å². The third-order valence-corrected chi connectivity index (χ3v) is 3.93. The zero-order valence-electron chi connectivity index (χ0n) is 10.1. The molecule has 0 aliphatic carbocycles. The Morgan fingerprint density at radius 3 is 2.80 bits per heavy atom. The Morgan fingerprint density at radius 1 is 1.40 bits per heavy atom. The van der Waals surface area contributed by atoms with Crippen molar-refractivity contribution in [3.05, 3.63) is 0 Å². The lowest BCUT2D eigenvalue weighted by molar-refractivity contribution is 0.0656. The van der Waals surface area contributed by atoms with E-state index in [-0.39, 0.29) is 0 Å². The Hall–Kier alpha value is 0.270. The molecule has 0 bridgehead atoms. The molecule has 1 rings (SSSR count). The smallest absolute Gasteiger partial charge is 0.0469 e. The maximum Gasteiger partial charge on any atom is 0.0469 e. The average molecular weight is 231 g/mol. The second-order valence-corrected chi connectivity index (χ2v) is 5.74. The second kappa shape index (κ2) is 8.43. The van der Waals surface area contributed by atoms with Gasteiger partial charge in [0.15, 0.2) is 0 Å². The highest BCUT2D eigenvalue weighted by Crippen LogP contribution is 2.13. The normalized spacial score (nSPS) is 20.4. The van der Waals surface area contributed by atoms with Crippen LogP contribution in [-0.4, -0.2) is 37.3 Å². The summed E-state index contributed by atoms with van der Waals surface area (Å²) in [5.74, 6) is 3.38. The van der Waals surface area contributed by atoms with Crippen LogP contribution in [0.2, 0.25) is 0 Å². The van der Waals surface area contributed by atoms with Gasteiger partial charge in [-0.15, -0.1) is 0 Å². The molecule has 1 unspecified atom stereocenters. The summed E-state index contributed by atoms with van der Waals surface area (Å²) in [4.78, 5) is 0. The highest BCUT2D eigenvalue weighted by Gasteiger charge is 2.14. The van der Waals surface area contributed by atoms with E-state index in [1.165, 1.54) is 37.3 Å². The third kappa shape index (κ3) is 6.44. The Kier molecular flexibility index (Phi) is 7.49. The van der Waals surface area contributed by atoms with Crippen LogP contribution < -0.4 is 5.32 Å². The largest absolute Gasteiger partial charge is 0.381 e. The lowest BCUT2D eigenvalue weighted by atomic mass is 10.00. The van der Waals surface area contributed by atoms with Crippen molar-refractivity contribution in [2.24, 2.45) is 5.92 Å². The molecule has 2 nitrogen and oxygen atoms in total. The number of nitrogens with one attached hydrogen (secondary N) is 1. The van der Waals surface area contributed by atoms with E-state index < -0.39 is 0 Å². The van der Waals surface area contributed by atoms with E-state index in [2.05, 4.69) is 19.2 Å². The van der Waals surface area contributed by atoms with E-state index in [0.29, 0.717) is 6.04 Å². The minimum atomic E-state index is 0.673. The van der Waals surface area contributed by atoms with Crippen LogP contribution >= 0.6 is 11.8 Å².